The molecule has 3 rings (SSSR count). The van der Waals surface area contributed by atoms with Gasteiger partial charge in [-0.05, 0) is 18.6 Å². The lowest BCUT2D eigenvalue weighted by Crippen LogP contribution is -2.27. The quantitative estimate of drug-likeness (QED) is 0.702. The van der Waals surface area contributed by atoms with E-state index < -0.39 is 27.9 Å². The number of carboxylic acids is 1. The number of sulfonamides is 1. The maximum Gasteiger partial charge on any atom is 0.303 e. The van der Waals surface area contributed by atoms with Crippen molar-refractivity contribution < 1.29 is 23.1 Å². The lowest BCUT2D eigenvalue weighted by Gasteiger charge is -2.22. The largest absolute Gasteiger partial charge is 0.481 e. The average Bonchev–Trinajstić information content (AvgIpc) is 3.10. The molecule has 0 unspecified atom stereocenters. The molecule has 0 saturated carbocycles. The number of hydrazone groups is 1. The third-order valence-electron chi connectivity index (χ3n) is 4.68. The molecule has 0 aliphatic carbocycles. The van der Waals surface area contributed by atoms with Gasteiger partial charge in [-0.3, -0.25) is 14.3 Å². The molecule has 1 heterocycles. The Morgan fingerprint density at radius 2 is 1.90 bits per heavy atom. The van der Waals surface area contributed by atoms with Crippen molar-refractivity contribution in [3.8, 4) is 0 Å². The fourth-order valence-electron chi connectivity index (χ4n) is 3.39. The number of para-hydroxylation sites is 1. The van der Waals surface area contributed by atoms with E-state index in [9.17, 15) is 18.0 Å². The van der Waals surface area contributed by atoms with Gasteiger partial charge in [0.1, 0.15) is 0 Å². The molecule has 30 heavy (non-hydrogen) atoms. The summed E-state index contributed by atoms with van der Waals surface area (Å²) in [5, 5.41) is 14.7. The van der Waals surface area contributed by atoms with Crippen LogP contribution in [0.3, 0.4) is 0 Å². The van der Waals surface area contributed by atoms with Crippen molar-refractivity contribution in [1.82, 2.24) is 5.01 Å². The Labute approximate surface area is 175 Å². The van der Waals surface area contributed by atoms with Crippen LogP contribution in [-0.4, -0.2) is 42.4 Å². The van der Waals surface area contributed by atoms with E-state index in [1.165, 1.54) is 5.01 Å². The summed E-state index contributed by atoms with van der Waals surface area (Å²) in [6, 6.07) is 14.1. The first-order chi connectivity index (χ1) is 14.1. The first-order valence-corrected chi connectivity index (χ1v) is 11.3. The lowest BCUT2D eigenvalue weighted by atomic mass is 9.96. The van der Waals surface area contributed by atoms with Crippen LogP contribution >= 0.6 is 0 Å². The molecule has 1 atom stereocenters. The number of rotatable bonds is 7. The highest BCUT2D eigenvalue weighted by molar-refractivity contribution is 7.92. The molecule has 0 aromatic heterocycles. The maximum atomic E-state index is 12.8. The summed E-state index contributed by atoms with van der Waals surface area (Å²) in [7, 11) is -3.50. The molecule has 2 N–H and O–H groups in total. The van der Waals surface area contributed by atoms with Crippen LogP contribution in [0.1, 0.15) is 42.0 Å². The molecule has 1 amide bonds. The second kappa shape index (κ2) is 8.66. The first kappa shape index (κ1) is 21.5. The van der Waals surface area contributed by atoms with Crippen molar-refractivity contribution in [2.75, 3.05) is 11.0 Å². The van der Waals surface area contributed by atoms with E-state index in [4.69, 9.17) is 5.11 Å². The van der Waals surface area contributed by atoms with Crippen LogP contribution in [0.4, 0.5) is 5.69 Å². The van der Waals surface area contributed by atoms with E-state index in [0.29, 0.717) is 23.4 Å². The van der Waals surface area contributed by atoms with Crippen LogP contribution in [-0.2, 0) is 19.6 Å². The maximum absolute atomic E-state index is 12.8. The van der Waals surface area contributed by atoms with Crippen LogP contribution < -0.4 is 4.72 Å². The van der Waals surface area contributed by atoms with Gasteiger partial charge in [-0.25, -0.2) is 13.4 Å². The number of anilines is 1. The number of benzene rings is 2. The summed E-state index contributed by atoms with van der Waals surface area (Å²) in [5.41, 5.74) is 3.41. The zero-order valence-corrected chi connectivity index (χ0v) is 17.5. The molecule has 2 aromatic carbocycles. The standard InChI is InChI=1S/C21H23N3O5S/c1-14-6-5-7-15(12-14)19-13-18(22-24(19)20(25)10-11-21(26)27)16-8-3-4-9-17(16)23-30(2,28)29/h3-9,12,19,23H,10-11,13H2,1-2H3,(H,26,27)/t19-/m1/s1. The van der Waals surface area contributed by atoms with Gasteiger partial charge >= 0.3 is 5.97 Å². The van der Waals surface area contributed by atoms with Crippen molar-refractivity contribution in [2.45, 2.75) is 32.2 Å². The molecule has 0 radical (unpaired) electrons. The van der Waals surface area contributed by atoms with Crippen molar-refractivity contribution in [3.05, 3.63) is 65.2 Å². The van der Waals surface area contributed by atoms with E-state index in [2.05, 4.69) is 9.82 Å². The van der Waals surface area contributed by atoms with Gasteiger partial charge in [0.25, 0.3) is 0 Å². The number of nitrogens with zero attached hydrogens (tertiary/aromatic N) is 2. The summed E-state index contributed by atoms with van der Waals surface area (Å²) < 4.78 is 26.0. The first-order valence-electron chi connectivity index (χ1n) is 9.39. The van der Waals surface area contributed by atoms with Gasteiger partial charge in [-0.15, -0.1) is 0 Å². The Bertz CT molecular complexity index is 1110. The van der Waals surface area contributed by atoms with Crippen LogP contribution in [0.2, 0.25) is 0 Å². The average molecular weight is 429 g/mol. The number of aryl methyl sites for hydroxylation is 1. The molecular weight excluding hydrogens is 406 g/mol. The predicted molar refractivity (Wildman–Crippen MR) is 114 cm³/mol. The van der Waals surface area contributed by atoms with Gasteiger partial charge in [0.05, 0.1) is 30.1 Å². The molecule has 158 valence electrons. The van der Waals surface area contributed by atoms with Crippen molar-refractivity contribution in [2.24, 2.45) is 5.10 Å². The Hall–Kier alpha value is -3.20. The van der Waals surface area contributed by atoms with E-state index in [1.54, 1.807) is 24.3 Å². The molecule has 9 heteroatoms. The van der Waals surface area contributed by atoms with Crippen molar-refractivity contribution >= 4 is 33.3 Å². The molecule has 8 nitrogen and oxygen atoms in total. The molecule has 1 aliphatic rings. The number of nitrogens with one attached hydrogen (secondary N) is 1. The molecule has 0 spiro atoms. The number of hydrogen-bond donors (Lipinski definition) is 2. The van der Waals surface area contributed by atoms with E-state index in [-0.39, 0.29) is 12.8 Å². The third-order valence-corrected chi connectivity index (χ3v) is 5.27. The van der Waals surface area contributed by atoms with Gasteiger partial charge in [0, 0.05) is 18.4 Å². The van der Waals surface area contributed by atoms with Gasteiger partial charge in [0.2, 0.25) is 15.9 Å². The Morgan fingerprint density at radius 3 is 2.57 bits per heavy atom. The number of amides is 1. The molecule has 0 fully saturated rings. The van der Waals surface area contributed by atoms with Gasteiger partial charge in [0.15, 0.2) is 0 Å². The predicted octanol–water partition coefficient (Wildman–Crippen LogP) is 2.91. The highest BCUT2D eigenvalue weighted by Gasteiger charge is 2.34. The summed E-state index contributed by atoms with van der Waals surface area (Å²) in [5.74, 6) is -1.45. The molecular formula is C21H23N3O5S. The topological polar surface area (TPSA) is 116 Å². The Balaban J connectivity index is 1.99. The Kier molecular flexibility index (Phi) is 6.21. The highest BCUT2D eigenvalue weighted by Crippen LogP contribution is 2.35. The van der Waals surface area contributed by atoms with Gasteiger partial charge in [-0.1, -0.05) is 48.0 Å². The monoisotopic (exact) mass is 429 g/mol. The fourth-order valence-corrected chi connectivity index (χ4v) is 3.97. The number of hydrogen-bond acceptors (Lipinski definition) is 5. The van der Waals surface area contributed by atoms with Gasteiger partial charge < -0.3 is 5.11 Å². The van der Waals surface area contributed by atoms with Gasteiger partial charge in [-0.2, -0.15) is 5.10 Å². The summed E-state index contributed by atoms with van der Waals surface area (Å²) in [6.45, 7) is 1.95. The smallest absolute Gasteiger partial charge is 0.303 e. The summed E-state index contributed by atoms with van der Waals surface area (Å²) >= 11 is 0. The van der Waals surface area contributed by atoms with Crippen LogP contribution in [0.25, 0.3) is 0 Å². The summed E-state index contributed by atoms with van der Waals surface area (Å²) in [4.78, 5) is 23.7. The molecule has 1 aliphatic heterocycles. The van der Waals surface area contributed by atoms with Crippen molar-refractivity contribution in [3.63, 3.8) is 0 Å². The highest BCUT2D eigenvalue weighted by atomic mass is 32.2. The van der Waals surface area contributed by atoms with Crippen LogP contribution in [0.15, 0.2) is 53.6 Å². The fraction of sp³-hybridized carbons (Fsp3) is 0.286. The zero-order chi connectivity index (χ0) is 21.9. The molecule has 2 aromatic rings. The minimum Gasteiger partial charge on any atom is -0.481 e. The van der Waals surface area contributed by atoms with E-state index in [0.717, 1.165) is 17.4 Å². The molecule has 0 bridgehead atoms. The van der Waals surface area contributed by atoms with Crippen molar-refractivity contribution in [1.29, 1.82) is 0 Å². The minimum absolute atomic E-state index is 0.169. The summed E-state index contributed by atoms with van der Waals surface area (Å²) in [6.07, 6.45) is 0.993. The third kappa shape index (κ3) is 5.24. The number of aliphatic carboxylic acids is 1. The SMILES string of the molecule is Cc1cccc([C@H]2CC(c3ccccc3NS(C)(=O)=O)=NN2C(=O)CCC(=O)O)c1. The number of carbonyl (C=O) groups excluding carboxylic acids is 1. The second-order valence-corrected chi connectivity index (χ2v) is 8.98. The number of carbonyl (C=O) groups is 2. The van der Waals surface area contributed by atoms with Crippen LogP contribution in [0.5, 0.6) is 0 Å². The Morgan fingerprint density at radius 1 is 1.17 bits per heavy atom. The normalized spacial score (nSPS) is 16.3. The second-order valence-electron chi connectivity index (χ2n) is 7.23. The lowest BCUT2D eigenvalue weighted by molar-refractivity contribution is -0.141. The minimum atomic E-state index is -3.50. The van der Waals surface area contributed by atoms with E-state index >= 15 is 0 Å². The van der Waals surface area contributed by atoms with Crippen LogP contribution in [0, 0.1) is 6.92 Å². The number of carboxylic acid groups (broad SMARTS) is 1. The van der Waals surface area contributed by atoms with E-state index in [1.807, 2.05) is 31.2 Å². The zero-order valence-electron chi connectivity index (χ0n) is 16.7. The molecule has 0 saturated heterocycles.